The third-order valence-electron chi connectivity index (χ3n) is 3.44. The van der Waals surface area contributed by atoms with E-state index in [0.29, 0.717) is 4.99 Å². The summed E-state index contributed by atoms with van der Waals surface area (Å²) >= 11 is 6.80. The zero-order valence-corrected chi connectivity index (χ0v) is 13.0. The molecule has 0 bridgehead atoms. The van der Waals surface area contributed by atoms with Gasteiger partial charge in [0.1, 0.15) is 10.00 Å². The fourth-order valence-electron chi connectivity index (χ4n) is 2.23. The van der Waals surface area contributed by atoms with E-state index in [2.05, 4.69) is 34.8 Å². The summed E-state index contributed by atoms with van der Waals surface area (Å²) in [4.78, 5) is 6.31. The summed E-state index contributed by atoms with van der Waals surface area (Å²) < 4.78 is 2.19. The number of thiocarbonyl (C=S) groups is 1. The number of thiazole rings is 1. The highest BCUT2D eigenvalue weighted by Gasteiger charge is 2.08. The van der Waals surface area contributed by atoms with E-state index in [9.17, 15) is 0 Å². The normalized spacial score (nSPS) is 11.1. The fraction of sp³-hybridized carbons (Fsp3) is 0.200. The maximum atomic E-state index is 5.71. The van der Waals surface area contributed by atoms with E-state index in [4.69, 9.17) is 18.0 Å². The predicted octanol–water partition coefficient (Wildman–Crippen LogP) is 3.40. The molecule has 0 radical (unpaired) electrons. The number of aromatic nitrogens is 2. The maximum Gasteiger partial charge on any atom is 0.113 e. The van der Waals surface area contributed by atoms with Crippen LogP contribution in [0.5, 0.6) is 0 Å². The quantitative estimate of drug-likeness (QED) is 0.754. The van der Waals surface area contributed by atoms with Crippen LogP contribution in [0.3, 0.4) is 0 Å². The van der Waals surface area contributed by atoms with Crippen LogP contribution in [0.15, 0.2) is 30.5 Å². The molecule has 3 aromatic rings. The van der Waals surface area contributed by atoms with Gasteiger partial charge in [-0.3, -0.25) is 0 Å². The Hall–Kier alpha value is -1.72. The smallest absolute Gasteiger partial charge is 0.113 e. The summed E-state index contributed by atoms with van der Waals surface area (Å²) in [5, 5.41) is 2.31. The van der Waals surface area contributed by atoms with Crippen molar-refractivity contribution in [2.75, 3.05) is 0 Å². The van der Waals surface area contributed by atoms with Crippen molar-refractivity contribution in [1.82, 2.24) is 9.55 Å². The molecule has 0 fully saturated rings. The second-order valence-electron chi connectivity index (χ2n) is 4.83. The highest BCUT2D eigenvalue weighted by atomic mass is 32.1. The van der Waals surface area contributed by atoms with Crippen LogP contribution in [-0.4, -0.2) is 14.5 Å². The van der Waals surface area contributed by atoms with Gasteiger partial charge in [-0.25, -0.2) is 4.98 Å². The van der Waals surface area contributed by atoms with Crippen LogP contribution in [0.2, 0.25) is 0 Å². The number of nitrogens with two attached hydrogens (primary N) is 1. The monoisotopic (exact) mass is 301 g/mol. The van der Waals surface area contributed by atoms with Crippen LogP contribution < -0.4 is 5.73 Å². The van der Waals surface area contributed by atoms with E-state index in [1.165, 1.54) is 10.3 Å². The van der Waals surface area contributed by atoms with E-state index in [1.807, 2.05) is 19.1 Å². The van der Waals surface area contributed by atoms with Crippen molar-refractivity contribution >= 4 is 39.4 Å². The molecule has 0 unspecified atom stereocenters. The van der Waals surface area contributed by atoms with Gasteiger partial charge in [0.15, 0.2) is 0 Å². The lowest BCUT2D eigenvalue weighted by Crippen LogP contribution is -2.09. The van der Waals surface area contributed by atoms with Crippen LogP contribution in [0, 0.1) is 13.8 Å². The van der Waals surface area contributed by atoms with Gasteiger partial charge < -0.3 is 10.3 Å². The molecule has 1 aromatic carbocycles. The van der Waals surface area contributed by atoms with Crippen molar-refractivity contribution in [3.63, 3.8) is 0 Å². The number of hydrogen-bond donors (Lipinski definition) is 1. The molecule has 102 valence electrons. The van der Waals surface area contributed by atoms with Crippen LogP contribution in [0.4, 0.5) is 0 Å². The van der Waals surface area contributed by atoms with E-state index in [-0.39, 0.29) is 0 Å². The van der Waals surface area contributed by atoms with Gasteiger partial charge in [-0.1, -0.05) is 24.4 Å². The molecule has 20 heavy (non-hydrogen) atoms. The molecule has 5 heteroatoms. The Morgan fingerprint density at radius 1 is 1.35 bits per heavy atom. The molecule has 0 saturated heterocycles. The topological polar surface area (TPSA) is 43.8 Å². The first-order valence-electron chi connectivity index (χ1n) is 6.36. The highest BCUT2D eigenvalue weighted by molar-refractivity contribution is 7.80. The van der Waals surface area contributed by atoms with Gasteiger partial charge in [-0.05, 0) is 31.4 Å². The maximum absolute atomic E-state index is 5.71. The van der Waals surface area contributed by atoms with Crippen LogP contribution in [-0.2, 0) is 6.54 Å². The lowest BCUT2D eigenvalue weighted by Gasteiger charge is -2.04. The zero-order chi connectivity index (χ0) is 14.3. The van der Waals surface area contributed by atoms with Gasteiger partial charge in [-0.15, -0.1) is 11.3 Å². The molecule has 0 saturated carbocycles. The van der Waals surface area contributed by atoms with Gasteiger partial charge in [-0.2, -0.15) is 0 Å². The molecule has 2 aromatic heterocycles. The number of rotatable bonds is 3. The fourth-order valence-corrected chi connectivity index (χ4v) is 3.29. The average molecular weight is 301 g/mol. The zero-order valence-electron chi connectivity index (χ0n) is 11.4. The lowest BCUT2D eigenvalue weighted by molar-refractivity contribution is 0.824. The summed E-state index contributed by atoms with van der Waals surface area (Å²) in [6.07, 6.45) is 2.08. The van der Waals surface area contributed by atoms with Gasteiger partial charge in [0.2, 0.25) is 0 Å². The summed E-state index contributed by atoms with van der Waals surface area (Å²) in [5.74, 6) is 0. The summed E-state index contributed by atoms with van der Waals surface area (Å²) in [7, 11) is 0. The lowest BCUT2D eigenvalue weighted by atomic mass is 10.1. The molecule has 0 atom stereocenters. The Morgan fingerprint density at radius 3 is 2.80 bits per heavy atom. The first-order chi connectivity index (χ1) is 9.54. The predicted molar refractivity (Wildman–Crippen MR) is 88.5 cm³/mol. The van der Waals surface area contributed by atoms with Crippen LogP contribution >= 0.6 is 23.6 Å². The first-order valence-corrected chi connectivity index (χ1v) is 7.58. The summed E-state index contributed by atoms with van der Waals surface area (Å²) in [5.41, 5.74) is 8.87. The minimum Gasteiger partial charge on any atom is -0.389 e. The molecule has 2 N–H and O–H groups in total. The van der Waals surface area contributed by atoms with Crippen molar-refractivity contribution in [1.29, 1.82) is 0 Å². The molecule has 3 rings (SSSR count). The minimum atomic E-state index is 0.431. The van der Waals surface area contributed by atoms with E-state index < -0.39 is 0 Å². The number of fused-ring (bicyclic) bond motifs is 1. The van der Waals surface area contributed by atoms with Crippen molar-refractivity contribution in [3.8, 4) is 0 Å². The highest BCUT2D eigenvalue weighted by Crippen LogP contribution is 2.22. The second-order valence-corrected chi connectivity index (χ2v) is 6.56. The Labute approximate surface area is 127 Å². The molecule has 0 aliphatic heterocycles. The Kier molecular flexibility index (Phi) is 3.31. The molecule has 3 nitrogen and oxygen atoms in total. The summed E-state index contributed by atoms with van der Waals surface area (Å²) in [6.45, 7) is 4.94. The SMILES string of the molecule is Cc1nc(Cn2ccc3ccc(C(N)=S)cc32)sc1C. The van der Waals surface area contributed by atoms with E-state index in [1.54, 1.807) is 11.3 Å². The third-order valence-corrected chi connectivity index (χ3v) is 4.73. The molecule has 0 spiro atoms. The number of nitrogens with zero attached hydrogens (tertiary/aromatic N) is 2. The van der Waals surface area contributed by atoms with Gasteiger partial charge in [0.05, 0.1) is 12.2 Å². The minimum absolute atomic E-state index is 0.431. The van der Waals surface area contributed by atoms with Crippen molar-refractivity contribution < 1.29 is 0 Å². The molecule has 0 amide bonds. The largest absolute Gasteiger partial charge is 0.389 e. The first kappa shape index (κ1) is 13.3. The summed E-state index contributed by atoms with van der Waals surface area (Å²) in [6, 6.07) is 8.17. The van der Waals surface area contributed by atoms with E-state index in [0.717, 1.165) is 28.3 Å². The molecule has 0 aliphatic rings. The van der Waals surface area contributed by atoms with Crippen LogP contribution in [0.1, 0.15) is 21.1 Å². The molecular weight excluding hydrogens is 286 g/mol. The Bertz CT molecular complexity index is 779. The third kappa shape index (κ3) is 2.34. The standard InChI is InChI=1S/C15H15N3S2/c1-9-10(2)20-14(17-9)8-18-6-5-11-3-4-12(15(16)19)7-13(11)18/h3-7H,8H2,1-2H3,(H2,16,19). The molecule has 0 aliphatic carbocycles. The Balaban J connectivity index is 2.02. The molecular formula is C15H15N3S2. The van der Waals surface area contributed by atoms with Gasteiger partial charge in [0, 0.05) is 22.2 Å². The van der Waals surface area contributed by atoms with Crippen molar-refractivity contribution in [3.05, 3.63) is 51.6 Å². The van der Waals surface area contributed by atoms with Crippen LogP contribution in [0.25, 0.3) is 10.9 Å². The van der Waals surface area contributed by atoms with Crippen molar-refractivity contribution in [2.45, 2.75) is 20.4 Å². The Morgan fingerprint density at radius 2 is 2.15 bits per heavy atom. The average Bonchev–Trinajstić information content (AvgIpc) is 2.94. The number of hydrogen-bond acceptors (Lipinski definition) is 3. The second kappa shape index (κ2) is 5.00. The van der Waals surface area contributed by atoms with Gasteiger partial charge in [0.25, 0.3) is 0 Å². The van der Waals surface area contributed by atoms with Crippen molar-refractivity contribution in [2.24, 2.45) is 5.73 Å². The number of aryl methyl sites for hydroxylation is 2. The molecule has 2 heterocycles. The van der Waals surface area contributed by atoms with E-state index >= 15 is 0 Å². The number of benzene rings is 1. The van der Waals surface area contributed by atoms with Gasteiger partial charge >= 0.3 is 0 Å².